The van der Waals surface area contributed by atoms with E-state index in [4.69, 9.17) is 11.6 Å². The Bertz CT molecular complexity index is 1500. The van der Waals surface area contributed by atoms with Gasteiger partial charge in [0.1, 0.15) is 0 Å². The Hall–Kier alpha value is -2.10. The van der Waals surface area contributed by atoms with Gasteiger partial charge in [0.25, 0.3) is 0 Å². The zero-order valence-electron chi connectivity index (χ0n) is 19.0. The van der Waals surface area contributed by atoms with Gasteiger partial charge in [0.05, 0.1) is 25.5 Å². The van der Waals surface area contributed by atoms with Crippen molar-refractivity contribution >= 4 is 60.6 Å². The second-order valence-corrected chi connectivity index (χ2v) is 13.3. The lowest BCUT2D eigenvalue weighted by atomic mass is 10.1. The molecule has 0 saturated heterocycles. The summed E-state index contributed by atoms with van der Waals surface area (Å²) in [5.74, 6) is 0. The van der Waals surface area contributed by atoms with Crippen molar-refractivity contribution in [3.05, 3.63) is 81.3 Å². The normalized spacial score (nSPS) is 15.6. The number of hydrogen-bond acceptors (Lipinski definition) is 6. The average Bonchev–Trinajstić information content (AvgIpc) is 3.34. The summed E-state index contributed by atoms with van der Waals surface area (Å²) in [5.41, 5.74) is 4.31. The van der Waals surface area contributed by atoms with E-state index in [2.05, 4.69) is 23.3 Å². The number of thiazole rings is 1. The van der Waals surface area contributed by atoms with Crippen molar-refractivity contribution < 1.29 is 8.42 Å². The molecule has 176 valence electrons. The molecule has 1 unspecified atom stereocenters. The third-order valence-electron chi connectivity index (χ3n) is 5.82. The summed E-state index contributed by atoms with van der Waals surface area (Å²) >= 11 is 9.69. The van der Waals surface area contributed by atoms with E-state index in [1.807, 2.05) is 37.3 Å². The van der Waals surface area contributed by atoms with Crippen LogP contribution in [-0.2, 0) is 23.1 Å². The van der Waals surface area contributed by atoms with Crippen LogP contribution < -0.4 is 5.32 Å². The van der Waals surface area contributed by atoms with Gasteiger partial charge in [-0.1, -0.05) is 41.6 Å². The van der Waals surface area contributed by atoms with Crippen LogP contribution in [0.1, 0.15) is 28.6 Å². The molecule has 1 aliphatic heterocycles. The van der Waals surface area contributed by atoms with Crippen LogP contribution >= 0.6 is 34.7 Å². The van der Waals surface area contributed by atoms with Crippen molar-refractivity contribution in [3.8, 4) is 0 Å². The lowest BCUT2D eigenvalue weighted by molar-refractivity contribution is 0.401. The molecule has 0 radical (unpaired) electrons. The minimum Gasteiger partial charge on any atom is -0.372 e. The van der Waals surface area contributed by atoms with E-state index < -0.39 is 10.0 Å². The predicted molar refractivity (Wildman–Crippen MR) is 142 cm³/mol. The first kappa shape index (κ1) is 23.6. The van der Waals surface area contributed by atoms with E-state index in [0.717, 1.165) is 32.0 Å². The first-order valence-electron chi connectivity index (χ1n) is 10.9. The fourth-order valence-electron chi connectivity index (χ4n) is 4.16. The van der Waals surface area contributed by atoms with Crippen molar-refractivity contribution in [1.82, 2.24) is 9.29 Å². The number of nitrogens with zero attached hydrogens (tertiary/aromatic N) is 2. The number of sulfonamides is 1. The molecule has 4 aromatic rings. The monoisotopic (exact) mass is 529 g/mol. The van der Waals surface area contributed by atoms with Crippen LogP contribution in [0.5, 0.6) is 0 Å². The highest BCUT2D eigenvalue weighted by Gasteiger charge is 2.28. The summed E-state index contributed by atoms with van der Waals surface area (Å²) in [6.07, 6.45) is 0. The lowest BCUT2D eigenvalue weighted by Crippen LogP contribution is -2.31. The van der Waals surface area contributed by atoms with Gasteiger partial charge >= 0.3 is 0 Å². The summed E-state index contributed by atoms with van der Waals surface area (Å²) in [4.78, 5) is 5.99. The van der Waals surface area contributed by atoms with Crippen molar-refractivity contribution in [1.29, 1.82) is 0 Å². The minimum atomic E-state index is -3.82. The van der Waals surface area contributed by atoms with E-state index >= 15 is 0 Å². The Morgan fingerprint density at radius 1 is 1.06 bits per heavy atom. The van der Waals surface area contributed by atoms with Gasteiger partial charge in [-0.2, -0.15) is 4.31 Å². The molecule has 3 aromatic carbocycles. The number of benzene rings is 3. The van der Waals surface area contributed by atoms with Crippen molar-refractivity contribution in [2.75, 3.05) is 5.32 Å². The molecule has 0 fully saturated rings. The van der Waals surface area contributed by atoms with Gasteiger partial charge in [0.2, 0.25) is 10.0 Å². The molecule has 1 atom stereocenters. The first-order chi connectivity index (χ1) is 16.2. The maximum Gasteiger partial charge on any atom is 0.243 e. The van der Waals surface area contributed by atoms with Crippen LogP contribution in [0.4, 0.5) is 5.69 Å². The molecule has 9 heteroatoms. The highest BCUT2D eigenvalue weighted by atomic mass is 35.5. The Balaban J connectivity index is 1.54. The second-order valence-electron chi connectivity index (χ2n) is 8.41. The van der Waals surface area contributed by atoms with Crippen LogP contribution in [-0.4, -0.2) is 23.1 Å². The molecule has 0 amide bonds. The third kappa shape index (κ3) is 4.57. The molecule has 0 saturated carbocycles. The minimum absolute atomic E-state index is 0.231. The summed E-state index contributed by atoms with van der Waals surface area (Å²) in [6, 6.07) is 17.1. The summed E-state index contributed by atoms with van der Waals surface area (Å²) < 4.78 is 30.4. The van der Waals surface area contributed by atoms with Crippen LogP contribution in [0.25, 0.3) is 10.2 Å². The van der Waals surface area contributed by atoms with Crippen LogP contribution in [0, 0.1) is 13.8 Å². The number of aromatic nitrogens is 1. The highest BCUT2D eigenvalue weighted by molar-refractivity contribution is 8.00. The molecule has 0 bridgehead atoms. The van der Waals surface area contributed by atoms with E-state index in [1.54, 1.807) is 48.2 Å². The zero-order valence-corrected chi connectivity index (χ0v) is 22.2. The molecular weight excluding hydrogens is 506 g/mol. The molecular formula is C25H24ClN3O2S3. The van der Waals surface area contributed by atoms with Crippen molar-refractivity contribution in [2.45, 2.75) is 49.0 Å². The van der Waals surface area contributed by atoms with E-state index in [1.165, 1.54) is 9.20 Å². The number of halogens is 1. The largest absolute Gasteiger partial charge is 0.372 e. The molecule has 1 aliphatic rings. The maximum absolute atomic E-state index is 13.9. The summed E-state index contributed by atoms with van der Waals surface area (Å²) in [7, 11) is -3.82. The highest BCUT2D eigenvalue weighted by Crippen LogP contribution is 2.39. The summed E-state index contributed by atoms with van der Waals surface area (Å²) in [6.45, 7) is 6.31. The Morgan fingerprint density at radius 3 is 2.59 bits per heavy atom. The fraction of sp³-hybridized carbons (Fsp3) is 0.240. The number of fused-ring (bicyclic) bond motifs is 2. The number of thioether (sulfide) groups is 1. The zero-order chi connectivity index (χ0) is 24.0. The Kier molecular flexibility index (Phi) is 6.37. The third-order valence-corrected chi connectivity index (χ3v) is 10.2. The fourth-order valence-corrected chi connectivity index (χ4v) is 7.82. The summed E-state index contributed by atoms with van der Waals surface area (Å²) in [5, 5.41) is 5.17. The predicted octanol–water partition coefficient (Wildman–Crippen LogP) is 6.82. The number of nitrogens with one attached hydrogen (secondary N) is 1. The van der Waals surface area contributed by atoms with Gasteiger partial charge in [-0.25, -0.2) is 13.4 Å². The topological polar surface area (TPSA) is 62.3 Å². The number of hydrogen-bond donors (Lipinski definition) is 1. The van der Waals surface area contributed by atoms with Gasteiger partial charge in [-0.05, 0) is 73.9 Å². The molecule has 2 heterocycles. The Labute approximate surface area is 213 Å². The van der Waals surface area contributed by atoms with Gasteiger partial charge in [0, 0.05) is 28.7 Å². The van der Waals surface area contributed by atoms with Gasteiger partial charge in [0.15, 0.2) is 0 Å². The molecule has 5 rings (SSSR count). The van der Waals surface area contributed by atoms with Crippen LogP contribution in [0.3, 0.4) is 0 Å². The molecule has 5 nitrogen and oxygen atoms in total. The molecule has 1 aromatic heterocycles. The number of rotatable bonds is 6. The molecule has 1 N–H and O–H groups in total. The van der Waals surface area contributed by atoms with Crippen LogP contribution in [0.15, 0.2) is 64.4 Å². The van der Waals surface area contributed by atoms with E-state index in [9.17, 15) is 8.42 Å². The molecule has 0 aliphatic carbocycles. The standard InChI is InChI=1S/C25H24ClN3O2S3/c1-15-20(26)5-4-6-25(15)34(30,31)29(13-18-7-9-23-21(11-18)27-16(2)32-23)14-19-8-10-24-22(12-19)28-17(3)33-24/h4-12,16,27H,13-14H2,1-3H3. The average molecular weight is 530 g/mol. The SMILES string of the molecule is Cc1nc2cc(CN(Cc3ccc4c(c3)NC(C)S4)S(=O)(=O)c3cccc(Cl)c3C)ccc2s1. The first-order valence-corrected chi connectivity index (χ1v) is 14.4. The van der Waals surface area contributed by atoms with Crippen molar-refractivity contribution in [2.24, 2.45) is 0 Å². The van der Waals surface area contributed by atoms with E-state index in [-0.39, 0.29) is 18.0 Å². The lowest BCUT2D eigenvalue weighted by Gasteiger charge is -2.24. The van der Waals surface area contributed by atoms with Gasteiger partial charge < -0.3 is 5.32 Å². The second kappa shape index (κ2) is 9.17. The van der Waals surface area contributed by atoms with E-state index in [0.29, 0.717) is 16.0 Å². The molecule has 0 spiro atoms. The maximum atomic E-state index is 13.9. The smallest absolute Gasteiger partial charge is 0.243 e. The molecule has 34 heavy (non-hydrogen) atoms. The van der Waals surface area contributed by atoms with Crippen LogP contribution in [0.2, 0.25) is 5.02 Å². The van der Waals surface area contributed by atoms with Gasteiger partial charge in [-0.15, -0.1) is 11.3 Å². The number of anilines is 1. The van der Waals surface area contributed by atoms with Gasteiger partial charge in [-0.3, -0.25) is 0 Å². The number of aryl methyl sites for hydroxylation is 1. The van der Waals surface area contributed by atoms with Crippen molar-refractivity contribution in [3.63, 3.8) is 0 Å². The quantitative estimate of drug-likeness (QED) is 0.297. The Morgan fingerprint density at radius 2 is 1.79 bits per heavy atom.